The van der Waals surface area contributed by atoms with E-state index >= 15 is 0 Å². The van der Waals surface area contributed by atoms with Gasteiger partial charge in [0.05, 0.1) is 0 Å². The second-order valence-corrected chi connectivity index (χ2v) is 4.76. The number of nitrogens with zero attached hydrogens (tertiary/aromatic N) is 1. The SMILES string of the molecule is CN1CCC(NC(=O)NC(CCC(N)=O)C(=O)O)C1. The average molecular weight is 272 g/mol. The summed E-state index contributed by atoms with van der Waals surface area (Å²) in [6.45, 7) is 1.64. The fraction of sp³-hybridized carbons (Fsp3) is 0.727. The molecule has 8 nitrogen and oxygen atoms in total. The molecule has 0 aromatic rings. The lowest BCUT2D eigenvalue weighted by molar-refractivity contribution is -0.139. The monoisotopic (exact) mass is 272 g/mol. The Morgan fingerprint density at radius 1 is 1.47 bits per heavy atom. The summed E-state index contributed by atoms with van der Waals surface area (Å²) < 4.78 is 0. The van der Waals surface area contributed by atoms with Gasteiger partial charge in [-0.15, -0.1) is 0 Å². The number of aliphatic carboxylic acids is 1. The van der Waals surface area contributed by atoms with E-state index in [1.807, 2.05) is 7.05 Å². The van der Waals surface area contributed by atoms with Crippen molar-refractivity contribution < 1.29 is 19.5 Å². The van der Waals surface area contributed by atoms with Crippen molar-refractivity contribution >= 4 is 17.9 Å². The van der Waals surface area contributed by atoms with Gasteiger partial charge in [-0.3, -0.25) is 4.79 Å². The molecule has 108 valence electrons. The summed E-state index contributed by atoms with van der Waals surface area (Å²) >= 11 is 0. The first-order valence-electron chi connectivity index (χ1n) is 6.15. The largest absolute Gasteiger partial charge is 0.480 e. The lowest BCUT2D eigenvalue weighted by atomic mass is 10.1. The van der Waals surface area contributed by atoms with Gasteiger partial charge in [0.1, 0.15) is 6.04 Å². The molecule has 5 N–H and O–H groups in total. The number of urea groups is 1. The molecule has 3 amide bonds. The van der Waals surface area contributed by atoms with Crippen molar-refractivity contribution in [1.82, 2.24) is 15.5 Å². The number of hydrogen-bond donors (Lipinski definition) is 4. The first kappa shape index (κ1) is 15.2. The number of carbonyl (C=O) groups excluding carboxylic acids is 2. The highest BCUT2D eigenvalue weighted by Crippen LogP contribution is 2.06. The van der Waals surface area contributed by atoms with Crippen LogP contribution in [0, 0.1) is 0 Å². The van der Waals surface area contributed by atoms with E-state index in [2.05, 4.69) is 15.5 Å². The smallest absolute Gasteiger partial charge is 0.326 e. The van der Waals surface area contributed by atoms with Crippen molar-refractivity contribution in [3.05, 3.63) is 0 Å². The third-order valence-electron chi connectivity index (χ3n) is 3.01. The summed E-state index contributed by atoms with van der Waals surface area (Å²) in [6, 6.07) is -1.61. The number of likely N-dealkylation sites (tertiary alicyclic amines) is 1. The van der Waals surface area contributed by atoms with E-state index in [9.17, 15) is 14.4 Å². The van der Waals surface area contributed by atoms with Crippen LogP contribution in [0.1, 0.15) is 19.3 Å². The van der Waals surface area contributed by atoms with Crippen molar-refractivity contribution in [3.63, 3.8) is 0 Å². The van der Waals surface area contributed by atoms with Crippen LogP contribution in [0.4, 0.5) is 4.79 Å². The van der Waals surface area contributed by atoms with Crippen LogP contribution in [-0.4, -0.2) is 60.1 Å². The van der Waals surface area contributed by atoms with E-state index in [1.54, 1.807) is 0 Å². The zero-order valence-corrected chi connectivity index (χ0v) is 10.9. The molecule has 0 aliphatic carbocycles. The number of nitrogens with two attached hydrogens (primary N) is 1. The number of rotatable bonds is 6. The van der Waals surface area contributed by atoms with Gasteiger partial charge in [0.25, 0.3) is 0 Å². The molecule has 0 radical (unpaired) electrons. The van der Waals surface area contributed by atoms with E-state index < -0.39 is 23.9 Å². The van der Waals surface area contributed by atoms with Gasteiger partial charge in [-0.1, -0.05) is 0 Å². The van der Waals surface area contributed by atoms with Gasteiger partial charge in [-0.05, 0) is 26.4 Å². The zero-order valence-electron chi connectivity index (χ0n) is 10.9. The van der Waals surface area contributed by atoms with Crippen molar-refractivity contribution in [2.75, 3.05) is 20.1 Å². The lowest BCUT2D eigenvalue weighted by Gasteiger charge is -2.17. The summed E-state index contributed by atoms with van der Waals surface area (Å²) in [5.74, 6) is -1.77. The lowest BCUT2D eigenvalue weighted by Crippen LogP contribution is -2.49. The van der Waals surface area contributed by atoms with Gasteiger partial charge in [-0.2, -0.15) is 0 Å². The Bertz CT molecular complexity index is 361. The van der Waals surface area contributed by atoms with Crippen molar-refractivity contribution in [2.24, 2.45) is 5.73 Å². The molecular formula is C11H20N4O4. The van der Waals surface area contributed by atoms with Crippen LogP contribution >= 0.6 is 0 Å². The molecule has 0 aromatic heterocycles. The Morgan fingerprint density at radius 2 is 2.16 bits per heavy atom. The normalized spacial score (nSPS) is 20.8. The second kappa shape index (κ2) is 6.93. The highest BCUT2D eigenvalue weighted by Gasteiger charge is 2.24. The third-order valence-corrected chi connectivity index (χ3v) is 3.01. The number of carboxylic acid groups (broad SMARTS) is 1. The number of likely N-dealkylation sites (N-methyl/N-ethyl adjacent to an activating group) is 1. The maximum Gasteiger partial charge on any atom is 0.326 e. The minimum absolute atomic E-state index is 0.0113. The van der Waals surface area contributed by atoms with Crippen LogP contribution in [0.15, 0.2) is 0 Å². The molecule has 0 spiro atoms. The molecule has 8 heteroatoms. The molecule has 2 atom stereocenters. The summed E-state index contributed by atoms with van der Waals surface area (Å²) in [7, 11) is 1.95. The van der Waals surface area contributed by atoms with Gasteiger partial charge in [-0.25, -0.2) is 9.59 Å². The number of hydrogen-bond acceptors (Lipinski definition) is 4. The first-order valence-corrected chi connectivity index (χ1v) is 6.15. The maximum atomic E-state index is 11.6. The Hall–Kier alpha value is -1.83. The average Bonchev–Trinajstić information content (AvgIpc) is 2.69. The molecule has 1 saturated heterocycles. The molecule has 19 heavy (non-hydrogen) atoms. The van der Waals surface area contributed by atoms with Crippen LogP contribution in [0.3, 0.4) is 0 Å². The first-order chi connectivity index (χ1) is 8.88. The van der Waals surface area contributed by atoms with Crippen LogP contribution in [-0.2, 0) is 9.59 Å². The van der Waals surface area contributed by atoms with Gasteiger partial charge in [0, 0.05) is 19.0 Å². The summed E-state index contributed by atoms with van der Waals surface area (Å²) in [6.07, 6.45) is 0.745. The summed E-state index contributed by atoms with van der Waals surface area (Å²) in [4.78, 5) is 35.3. The molecule has 0 bridgehead atoms. The summed E-state index contributed by atoms with van der Waals surface area (Å²) in [5.41, 5.74) is 4.95. The molecule has 2 unspecified atom stereocenters. The molecular weight excluding hydrogens is 252 g/mol. The van der Waals surface area contributed by atoms with Crippen molar-refractivity contribution in [3.8, 4) is 0 Å². The number of carboxylic acids is 1. The van der Waals surface area contributed by atoms with Crippen molar-refractivity contribution in [2.45, 2.75) is 31.3 Å². The highest BCUT2D eigenvalue weighted by molar-refractivity contribution is 5.83. The van der Waals surface area contributed by atoms with Gasteiger partial charge in [0.2, 0.25) is 5.91 Å². The highest BCUT2D eigenvalue weighted by atomic mass is 16.4. The van der Waals surface area contributed by atoms with E-state index in [1.165, 1.54) is 0 Å². The van der Waals surface area contributed by atoms with E-state index in [-0.39, 0.29) is 18.9 Å². The zero-order chi connectivity index (χ0) is 14.4. The van der Waals surface area contributed by atoms with Crippen LogP contribution in [0.25, 0.3) is 0 Å². The minimum Gasteiger partial charge on any atom is -0.480 e. The van der Waals surface area contributed by atoms with Crippen LogP contribution in [0.5, 0.6) is 0 Å². The molecule has 1 fully saturated rings. The second-order valence-electron chi connectivity index (χ2n) is 4.76. The Balaban J connectivity index is 2.38. The van der Waals surface area contributed by atoms with Crippen molar-refractivity contribution in [1.29, 1.82) is 0 Å². The molecule has 0 aromatic carbocycles. The molecule has 1 heterocycles. The van der Waals surface area contributed by atoms with Crippen LogP contribution < -0.4 is 16.4 Å². The van der Waals surface area contributed by atoms with Crippen LogP contribution in [0.2, 0.25) is 0 Å². The molecule has 1 rings (SSSR count). The number of carbonyl (C=O) groups is 3. The Morgan fingerprint density at radius 3 is 2.63 bits per heavy atom. The standard InChI is InChI=1S/C11H20N4O4/c1-15-5-4-7(6-15)13-11(19)14-8(10(17)18)2-3-9(12)16/h7-8H,2-6H2,1H3,(H2,12,16)(H,17,18)(H2,13,14,19). The molecule has 1 aliphatic heterocycles. The fourth-order valence-electron chi connectivity index (χ4n) is 1.98. The number of primary amides is 1. The predicted molar refractivity (Wildman–Crippen MR) is 67.4 cm³/mol. The molecule has 1 aliphatic rings. The Labute approximate surface area is 111 Å². The minimum atomic E-state index is -1.18. The predicted octanol–water partition coefficient (Wildman–Crippen LogP) is -1.29. The fourth-order valence-corrected chi connectivity index (χ4v) is 1.98. The Kier molecular flexibility index (Phi) is 5.56. The van der Waals surface area contributed by atoms with Gasteiger partial charge >= 0.3 is 12.0 Å². The maximum absolute atomic E-state index is 11.6. The molecule has 0 saturated carbocycles. The summed E-state index contributed by atoms with van der Waals surface area (Å²) in [5, 5.41) is 14.0. The third kappa shape index (κ3) is 5.56. The van der Waals surface area contributed by atoms with Gasteiger partial charge in [0.15, 0.2) is 0 Å². The van der Waals surface area contributed by atoms with E-state index in [4.69, 9.17) is 10.8 Å². The number of amides is 3. The quantitative estimate of drug-likeness (QED) is 0.479. The van der Waals surface area contributed by atoms with E-state index in [0.29, 0.717) is 0 Å². The van der Waals surface area contributed by atoms with E-state index in [0.717, 1.165) is 19.5 Å². The van der Waals surface area contributed by atoms with Gasteiger partial charge < -0.3 is 26.4 Å². The number of nitrogens with one attached hydrogen (secondary N) is 2. The topological polar surface area (TPSA) is 125 Å².